The first-order chi connectivity index (χ1) is 11.3. The number of rotatable bonds is 1. The number of nitrogens with zero attached hydrogens (tertiary/aromatic N) is 3. The molecule has 4 rings (SSSR count). The Bertz CT molecular complexity index is 989. The number of aliphatic imine (C=N–C) groups is 1. The van der Waals surface area contributed by atoms with Crippen molar-refractivity contribution in [3.63, 3.8) is 0 Å². The number of halogens is 3. The van der Waals surface area contributed by atoms with Gasteiger partial charge in [-0.1, -0.05) is 35.9 Å². The highest BCUT2D eigenvalue weighted by atomic mass is 35.5. The van der Waals surface area contributed by atoms with Gasteiger partial charge in [-0.3, -0.25) is 4.99 Å². The number of fused-ring (bicyclic) bond motifs is 2. The number of alkyl halides is 2. The highest BCUT2D eigenvalue weighted by Crippen LogP contribution is 2.46. The Morgan fingerprint density at radius 3 is 2.58 bits per heavy atom. The van der Waals surface area contributed by atoms with Crippen molar-refractivity contribution in [3.8, 4) is 0 Å². The largest absolute Gasteiger partial charge is 0.297 e. The Hall–Kier alpha value is -2.27. The summed E-state index contributed by atoms with van der Waals surface area (Å²) >= 11 is 5.99. The van der Waals surface area contributed by atoms with Gasteiger partial charge in [0.05, 0.1) is 22.4 Å². The zero-order valence-corrected chi connectivity index (χ0v) is 13.9. The summed E-state index contributed by atoms with van der Waals surface area (Å²) < 4.78 is 31.3. The van der Waals surface area contributed by atoms with Crippen LogP contribution in [0.15, 0.2) is 53.8 Å². The molecule has 2 aromatic heterocycles. The van der Waals surface area contributed by atoms with E-state index in [9.17, 15) is 8.78 Å². The van der Waals surface area contributed by atoms with E-state index >= 15 is 0 Å². The summed E-state index contributed by atoms with van der Waals surface area (Å²) in [5, 5.41) is 4.83. The van der Waals surface area contributed by atoms with Crippen LogP contribution >= 0.6 is 11.6 Å². The molecule has 122 valence electrons. The number of pyridine rings is 1. The minimum Gasteiger partial charge on any atom is -0.271 e. The lowest BCUT2D eigenvalue weighted by Gasteiger charge is -2.37. The summed E-state index contributed by atoms with van der Waals surface area (Å²) in [6, 6.07) is 10.1. The maximum atomic E-state index is 14.8. The van der Waals surface area contributed by atoms with Gasteiger partial charge in [-0.2, -0.15) is 13.9 Å². The quantitative estimate of drug-likeness (QED) is 0.628. The fraction of sp³-hybridized carbons (Fsp3) is 0.222. The van der Waals surface area contributed by atoms with Gasteiger partial charge >= 0.3 is 0 Å². The molecule has 3 aromatic rings. The lowest BCUT2D eigenvalue weighted by Crippen LogP contribution is -2.44. The van der Waals surface area contributed by atoms with Gasteiger partial charge in [0.15, 0.2) is 0 Å². The Balaban J connectivity index is 2.02. The highest BCUT2D eigenvalue weighted by Gasteiger charge is 2.52. The molecule has 24 heavy (non-hydrogen) atoms. The molecule has 0 radical (unpaired) electrons. The molecule has 1 aliphatic rings. The summed E-state index contributed by atoms with van der Waals surface area (Å²) in [6.07, 6.45) is 3.32. The summed E-state index contributed by atoms with van der Waals surface area (Å²) in [6.45, 7) is 2.90. The first-order valence-corrected chi connectivity index (χ1v) is 7.90. The van der Waals surface area contributed by atoms with Gasteiger partial charge in [0.1, 0.15) is 5.54 Å². The molecule has 3 nitrogen and oxygen atoms in total. The van der Waals surface area contributed by atoms with Crippen LogP contribution in [0.2, 0.25) is 5.02 Å². The normalized spacial score (nSPS) is 18.3. The van der Waals surface area contributed by atoms with E-state index in [-0.39, 0.29) is 5.56 Å². The first-order valence-electron chi connectivity index (χ1n) is 7.52. The van der Waals surface area contributed by atoms with Crippen LogP contribution in [-0.2, 0) is 5.92 Å². The van der Waals surface area contributed by atoms with E-state index in [2.05, 4.69) is 10.1 Å². The van der Waals surface area contributed by atoms with Crippen molar-refractivity contribution in [1.82, 2.24) is 9.61 Å². The lowest BCUT2D eigenvalue weighted by atomic mass is 9.82. The fourth-order valence-electron chi connectivity index (χ4n) is 3.05. The first kappa shape index (κ1) is 15.3. The van der Waals surface area contributed by atoms with Crippen molar-refractivity contribution >= 4 is 22.8 Å². The Morgan fingerprint density at radius 2 is 1.79 bits per heavy atom. The molecule has 6 heteroatoms. The molecule has 1 aliphatic heterocycles. The van der Waals surface area contributed by atoms with Gasteiger partial charge < -0.3 is 0 Å². The van der Waals surface area contributed by atoms with Gasteiger partial charge in [-0.15, -0.1) is 0 Å². The van der Waals surface area contributed by atoms with Gasteiger partial charge in [0.2, 0.25) is 0 Å². The standard InChI is InChI=1S/C18H14ClF2N3/c1-17(2)18(20,21)14-6-4-3-5-12(14)16(23-17)13-9-22-24-10-11(19)7-8-15(13)24/h3-10H,1-2H3. The number of hydrogen-bond donors (Lipinski definition) is 0. The van der Waals surface area contributed by atoms with E-state index in [4.69, 9.17) is 11.6 Å². The van der Waals surface area contributed by atoms with Crippen LogP contribution in [-0.4, -0.2) is 20.9 Å². The second-order valence-corrected chi connectivity index (χ2v) is 6.81. The number of aromatic nitrogens is 2. The van der Waals surface area contributed by atoms with Crippen LogP contribution in [0.3, 0.4) is 0 Å². The molecule has 0 amide bonds. The summed E-state index contributed by atoms with van der Waals surface area (Å²) in [7, 11) is 0. The van der Waals surface area contributed by atoms with Crippen molar-refractivity contribution in [1.29, 1.82) is 0 Å². The summed E-state index contributed by atoms with van der Waals surface area (Å²) in [5.41, 5.74) is 0.896. The van der Waals surface area contributed by atoms with E-state index in [1.165, 1.54) is 19.9 Å². The van der Waals surface area contributed by atoms with Crippen LogP contribution in [0.1, 0.15) is 30.5 Å². The molecule has 0 spiro atoms. The van der Waals surface area contributed by atoms with Crippen molar-refractivity contribution in [2.24, 2.45) is 4.99 Å². The molecular weight excluding hydrogens is 332 g/mol. The van der Waals surface area contributed by atoms with E-state index in [0.29, 0.717) is 21.9 Å². The van der Waals surface area contributed by atoms with Crippen molar-refractivity contribution in [3.05, 3.63) is 70.5 Å². The fourth-order valence-corrected chi connectivity index (χ4v) is 3.21. The van der Waals surface area contributed by atoms with Gasteiger partial charge in [-0.05, 0) is 26.0 Å². The van der Waals surface area contributed by atoms with E-state index < -0.39 is 11.5 Å². The van der Waals surface area contributed by atoms with E-state index in [1.807, 2.05) is 6.07 Å². The van der Waals surface area contributed by atoms with Crippen LogP contribution in [0.4, 0.5) is 8.78 Å². The van der Waals surface area contributed by atoms with Crippen molar-refractivity contribution < 1.29 is 8.78 Å². The molecule has 0 saturated carbocycles. The minimum atomic E-state index is -3.04. The third-order valence-electron chi connectivity index (χ3n) is 4.42. The highest BCUT2D eigenvalue weighted by molar-refractivity contribution is 6.30. The second kappa shape index (κ2) is 4.86. The number of benzene rings is 1. The SMILES string of the molecule is CC1(C)N=C(c2cnn3cc(Cl)ccc23)c2ccccc2C1(F)F. The molecule has 1 aromatic carbocycles. The Kier molecular flexibility index (Phi) is 3.09. The topological polar surface area (TPSA) is 29.7 Å². The molecule has 0 fully saturated rings. The van der Waals surface area contributed by atoms with Gasteiger partial charge in [0, 0.05) is 22.9 Å². The van der Waals surface area contributed by atoms with Crippen molar-refractivity contribution in [2.45, 2.75) is 25.3 Å². The van der Waals surface area contributed by atoms with Crippen LogP contribution in [0.5, 0.6) is 0 Å². The smallest absolute Gasteiger partial charge is 0.271 e. The maximum absolute atomic E-state index is 14.8. The second-order valence-electron chi connectivity index (χ2n) is 6.37. The maximum Gasteiger partial charge on any atom is 0.297 e. The van der Waals surface area contributed by atoms with Gasteiger partial charge in [-0.25, -0.2) is 4.52 Å². The summed E-state index contributed by atoms with van der Waals surface area (Å²) in [4.78, 5) is 4.40. The third kappa shape index (κ3) is 2.01. The molecule has 3 heterocycles. The van der Waals surface area contributed by atoms with Crippen LogP contribution in [0, 0.1) is 0 Å². The van der Waals surface area contributed by atoms with Crippen LogP contribution in [0.25, 0.3) is 5.52 Å². The lowest BCUT2D eigenvalue weighted by molar-refractivity contribution is -0.0681. The average molecular weight is 346 g/mol. The average Bonchev–Trinajstić information content (AvgIpc) is 2.94. The Morgan fingerprint density at radius 1 is 1.04 bits per heavy atom. The molecule has 0 saturated heterocycles. The molecule has 0 unspecified atom stereocenters. The molecule has 0 N–H and O–H groups in total. The van der Waals surface area contributed by atoms with Crippen LogP contribution < -0.4 is 0 Å². The van der Waals surface area contributed by atoms with Crippen molar-refractivity contribution in [2.75, 3.05) is 0 Å². The molecule has 0 atom stereocenters. The monoisotopic (exact) mass is 345 g/mol. The number of hydrogen-bond acceptors (Lipinski definition) is 2. The van der Waals surface area contributed by atoms with E-state index in [1.54, 1.807) is 41.2 Å². The zero-order chi connectivity index (χ0) is 17.1. The molecular formula is C18H14ClF2N3. The predicted molar refractivity (Wildman–Crippen MR) is 90.3 cm³/mol. The van der Waals surface area contributed by atoms with E-state index in [0.717, 1.165) is 5.52 Å². The Labute approximate surface area is 142 Å². The molecule has 0 bridgehead atoms. The van der Waals surface area contributed by atoms with Gasteiger partial charge in [0.25, 0.3) is 5.92 Å². The zero-order valence-electron chi connectivity index (χ0n) is 13.1. The molecule has 0 aliphatic carbocycles. The summed E-state index contributed by atoms with van der Waals surface area (Å²) in [5.74, 6) is -3.04. The third-order valence-corrected chi connectivity index (χ3v) is 4.64. The minimum absolute atomic E-state index is 0.00619. The predicted octanol–water partition coefficient (Wildman–Crippen LogP) is 4.71.